The lowest BCUT2D eigenvalue weighted by molar-refractivity contribution is 0.0516. The molecule has 1 aliphatic heterocycles. The van der Waals surface area contributed by atoms with Gasteiger partial charge in [0, 0.05) is 25.1 Å². The molecule has 7 nitrogen and oxygen atoms in total. The van der Waals surface area contributed by atoms with Gasteiger partial charge in [-0.05, 0) is 31.0 Å². The summed E-state index contributed by atoms with van der Waals surface area (Å²) in [6.45, 7) is 3.49. The number of fused-ring (bicyclic) bond motifs is 1. The Morgan fingerprint density at radius 3 is 2.48 bits per heavy atom. The van der Waals surface area contributed by atoms with Crippen molar-refractivity contribution in [3.8, 4) is 5.69 Å². The van der Waals surface area contributed by atoms with Gasteiger partial charge in [0.15, 0.2) is 5.69 Å². The molecule has 0 saturated carbocycles. The number of nitrogens with zero attached hydrogens (tertiary/aromatic N) is 3. The SMILES string of the molecule is CCOC(=O)c1nn(-c2ccccc2)c2c1CN(C(=O)NCCc1ccccc1)CC2. The molecule has 0 spiro atoms. The Kier molecular flexibility index (Phi) is 6.31. The van der Waals surface area contributed by atoms with Crippen LogP contribution in [0.3, 0.4) is 0 Å². The van der Waals surface area contributed by atoms with Gasteiger partial charge in [-0.25, -0.2) is 14.3 Å². The number of carbonyl (C=O) groups excluding carboxylic acids is 2. The number of aromatic nitrogens is 2. The molecule has 0 aliphatic carbocycles. The van der Waals surface area contributed by atoms with Crippen molar-refractivity contribution in [1.29, 1.82) is 0 Å². The number of ether oxygens (including phenoxy) is 1. The molecule has 160 valence electrons. The number of nitrogens with one attached hydrogen (secondary N) is 1. The summed E-state index contributed by atoms with van der Waals surface area (Å²) in [5.74, 6) is -0.459. The summed E-state index contributed by atoms with van der Waals surface area (Å²) in [6, 6.07) is 19.6. The van der Waals surface area contributed by atoms with E-state index in [4.69, 9.17) is 4.74 Å². The van der Waals surface area contributed by atoms with Gasteiger partial charge >= 0.3 is 12.0 Å². The zero-order chi connectivity index (χ0) is 21.6. The minimum atomic E-state index is -0.459. The second-order valence-corrected chi connectivity index (χ2v) is 7.38. The molecule has 1 aromatic heterocycles. The molecule has 0 atom stereocenters. The molecule has 0 saturated heterocycles. The second kappa shape index (κ2) is 9.47. The highest BCUT2D eigenvalue weighted by Gasteiger charge is 2.31. The van der Waals surface area contributed by atoms with E-state index < -0.39 is 5.97 Å². The van der Waals surface area contributed by atoms with Crippen LogP contribution in [0.2, 0.25) is 0 Å². The summed E-state index contributed by atoms with van der Waals surface area (Å²) in [5.41, 5.74) is 4.05. The second-order valence-electron chi connectivity index (χ2n) is 7.38. The normalized spacial score (nSPS) is 12.9. The number of urea groups is 1. The first-order chi connectivity index (χ1) is 15.2. The molecular formula is C24H26N4O3. The summed E-state index contributed by atoms with van der Waals surface area (Å²) >= 11 is 0. The van der Waals surface area contributed by atoms with Gasteiger partial charge in [0.25, 0.3) is 0 Å². The molecule has 4 rings (SSSR count). The van der Waals surface area contributed by atoms with Crippen LogP contribution in [-0.4, -0.2) is 46.4 Å². The molecule has 0 bridgehead atoms. The third kappa shape index (κ3) is 4.60. The van der Waals surface area contributed by atoms with E-state index in [0.29, 0.717) is 26.1 Å². The zero-order valence-corrected chi connectivity index (χ0v) is 17.6. The van der Waals surface area contributed by atoms with Gasteiger partial charge in [-0.3, -0.25) is 0 Å². The minimum absolute atomic E-state index is 0.135. The Labute approximate surface area is 181 Å². The number of carbonyl (C=O) groups is 2. The van der Waals surface area contributed by atoms with Crippen LogP contribution >= 0.6 is 0 Å². The molecule has 2 heterocycles. The maximum atomic E-state index is 12.8. The monoisotopic (exact) mass is 418 g/mol. The van der Waals surface area contributed by atoms with Gasteiger partial charge in [-0.2, -0.15) is 5.10 Å². The minimum Gasteiger partial charge on any atom is -0.461 e. The maximum Gasteiger partial charge on any atom is 0.359 e. The van der Waals surface area contributed by atoms with E-state index in [0.717, 1.165) is 23.4 Å². The lowest BCUT2D eigenvalue weighted by Crippen LogP contribution is -2.43. The Hall–Kier alpha value is -3.61. The number of rotatable bonds is 6. The first-order valence-corrected chi connectivity index (χ1v) is 10.6. The number of para-hydroxylation sites is 1. The standard InChI is InChI=1S/C24H26N4O3/c1-2-31-23(29)22-20-17-27(24(30)25-15-13-18-9-5-3-6-10-18)16-14-21(20)28(26-22)19-11-7-4-8-12-19/h3-12H,2,13-17H2,1H3,(H,25,30). The highest BCUT2D eigenvalue weighted by atomic mass is 16.5. The highest BCUT2D eigenvalue weighted by Crippen LogP contribution is 2.26. The van der Waals surface area contributed by atoms with Gasteiger partial charge in [0.1, 0.15) is 0 Å². The van der Waals surface area contributed by atoms with Crippen molar-refractivity contribution in [3.05, 3.63) is 83.2 Å². The van der Waals surface area contributed by atoms with Gasteiger partial charge in [0.05, 0.1) is 24.5 Å². The number of benzene rings is 2. The van der Waals surface area contributed by atoms with E-state index in [1.165, 1.54) is 5.56 Å². The van der Waals surface area contributed by atoms with Crippen molar-refractivity contribution in [2.24, 2.45) is 0 Å². The van der Waals surface area contributed by atoms with E-state index in [-0.39, 0.29) is 18.3 Å². The quantitative estimate of drug-likeness (QED) is 0.623. The lowest BCUT2D eigenvalue weighted by Gasteiger charge is -2.28. The predicted octanol–water partition coefficient (Wildman–Crippen LogP) is 3.36. The smallest absolute Gasteiger partial charge is 0.359 e. The first-order valence-electron chi connectivity index (χ1n) is 10.6. The van der Waals surface area contributed by atoms with Crippen LogP contribution in [0.25, 0.3) is 5.69 Å². The van der Waals surface area contributed by atoms with Gasteiger partial charge in [-0.1, -0.05) is 48.5 Å². The molecule has 0 radical (unpaired) electrons. The van der Waals surface area contributed by atoms with E-state index >= 15 is 0 Å². The van der Waals surface area contributed by atoms with Crippen LogP contribution < -0.4 is 5.32 Å². The molecule has 0 unspecified atom stereocenters. The van der Waals surface area contributed by atoms with Crippen molar-refractivity contribution in [3.63, 3.8) is 0 Å². The van der Waals surface area contributed by atoms with Crippen LogP contribution in [0.4, 0.5) is 4.79 Å². The topological polar surface area (TPSA) is 76.5 Å². The fourth-order valence-corrected chi connectivity index (χ4v) is 3.81. The number of esters is 1. The molecule has 0 fully saturated rings. The lowest BCUT2D eigenvalue weighted by atomic mass is 10.0. The predicted molar refractivity (Wildman–Crippen MR) is 117 cm³/mol. The average molecular weight is 418 g/mol. The largest absolute Gasteiger partial charge is 0.461 e. The number of hydrogen-bond acceptors (Lipinski definition) is 4. The summed E-state index contributed by atoms with van der Waals surface area (Å²) in [7, 11) is 0. The Morgan fingerprint density at radius 1 is 1.06 bits per heavy atom. The van der Waals surface area contributed by atoms with Gasteiger partial charge < -0.3 is 15.0 Å². The van der Waals surface area contributed by atoms with Crippen molar-refractivity contribution >= 4 is 12.0 Å². The molecule has 2 amide bonds. The first kappa shape index (κ1) is 20.7. The number of hydrogen-bond donors (Lipinski definition) is 1. The third-order valence-corrected chi connectivity index (χ3v) is 5.35. The van der Waals surface area contributed by atoms with Crippen LogP contribution in [-0.2, 0) is 24.1 Å². The van der Waals surface area contributed by atoms with Crippen molar-refractivity contribution in [2.45, 2.75) is 26.3 Å². The Bertz CT molecular complexity index is 1050. The van der Waals surface area contributed by atoms with Crippen LogP contribution in [0, 0.1) is 0 Å². The van der Waals surface area contributed by atoms with Crippen LogP contribution in [0.5, 0.6) is 0 Å². The van der Waals surface area contributed by atoms with E-state index in [1.54, 1.807) is 16.5 Å². The molecule has 3 aromatic rings. The highest BCUT2D eigenvalue weighted by molar-refractivity contribution is 5.89. The molecular weight excluding hydrogens is 392 g/mol. The summed E-state index contributed by atoms with van der Waals surface area (Å²) < 4.78 is 7.02. The van der Waals surface area contributed by atoms with E-state index in [9.17, 15) is 9.59 Å². The molecule has 1 N–H and O–H groups in total. The summed E-state index contributed by atoms with van der Waals surface area (Å²) in [6.07, 6.45) is 1.38. The van der Waals surface area contributed by atoms with Gasteiger partial charge in [0.2, 0.25) is 0 Å². The molecule has 2 aromatic carbocycles. The van der Waals surface area contributed by atoms with Crippen molar-refractivity contribution < 1.29 is 14.3 Å². The van der Waals surface area contributed by atoms with Crippen molar-refractivity contribution in [1.82, 2.24) is 20.0 Å². The van der Waals surface area contributed by atoms with Crippen molar-refractivity contribution in [2.75, 3.05) is 19.7 Å². The molecule has 1 aliphatic rings. The average Bonchev–Trinajstić information content (AvgIpc) is 3.19. The Balaban J connectivity index is 1.51. The third-order valence-electron chi connectivity index (χ3n) is 5.35. The fourth-order valence-electron chi connectivity index (χ4n) is 3.81. The molecule has 7 heteroatoms. The maximum absolute atomic E-state index is 12.8. The summed E-state index contributed by atoms with van der Waals surface area (Å²) in [5, 5.41) is 7.55. The molecule has 31 heavy (non-hydrogen) atoms. The van der Waals surface area contributed by atoms with E-state index in [2.05, 4.69) is 10.4 Å². The Morgan fingerprint density at radius 2 is 1.77 bits per heavy atom. The van der Waals surface area contributed by atoms with Crippen LogP contribution in [0.15, 0.2) is 60.7 Å². The van der Waals surface area contributed by atoms with E-state index in [1.807, 2.05) is 60.7 Å². The summed E-state index contributed by atoms with van der Waals surface area (Å²) in [4.78, 5) is 27.0. The number of amides is 2. The van der Waals surface area contributed by atoms with Crippen LogP contribution in [0.1, 0.15) is 34.2 Å². The fraction of sp³-hybridized carbons (Fsp3) is 0.292. The zero-order valence-electron chi connectivity index (χ0n) is 17.6. The van der Waals surface area contributed by atoms with Gasteiger partial charge in [-0.15, -0.1) is 0 Å².